The van der Waals surface area contributed by atoms with Crippen LogP contribution >= 0.6 is 0 Å². The highest BCUT2D eigenvalue weighted by atomic mass is 16.5. The Labute approximate surface area is 137 Å². The standard InChI is InChI=1S/C19H24N2O2/c1-3-14-4-5-19-17(10-14)21-18(12-23-19)13(2)15-6-8-20-16(11-15)7-9-22/h4-6,8,10-11,13,18,21-22H,3,7,9,12H2,1-2H3/t13-,18?/m1/s1. The van der Waals surface area contributed by atoms with Crippen molar-refractivity contribution in [2.45, 2.75) is 38.6 Å². The van der Waals surface area contributed by atoms with Gasteiger partial charge in [-0.05, 0) is 41.8 Å². The maximum atomic E-state index is 9.08. The van der Waals surface area contributed by atoms with E-state index in [0.717, 1.165) is 23.6 Å². The number of aliphatic hydroxyl groups excluding tert-OH is 1. The fourth-order valence-electron chi connectivity index (χ4n) is 2.99. The molecule has 4 nitrogen and oxygen atoms in total. The summed E-state index contributed by atoms with van der Waals surface area (Å²) < 4.78 is 5.94. The van der Waals surface area contributed by atoms with Gasteiger partial charge in [-0.15, -0.1) is 0 Å². The van der Waals surface area contributed by atoms with E-state index < -0.39 is 0 Å². The number of benzene rings is 1. The predicted molar refractivity (Wildman–Crippen MR) is 92.2 cm³/mol. The molecule has 0 saturated carbocycles. The number of hydrogen-bond acceptors (Lipinski definition) is 4. The Bertz CT molecular complexity index is 672. The van der Waals surface area contributed by atoms with Crippen molar-refractivity contribution in [2.24, 2.45) is 0 Å². The fourth-order valence-corrected chi connectivity index (χ4v) is 2.99. The second kappa shape index (κ2) is 7.01. The maximum absolute atomic E-state index is 9.08. The normalized spacial score (nSPS) is 17.8. The van der Waals surface area contributed by atoms with E-state index in [2.05, 4.69) is 42.3 Å². The molecule has 23 heavy (non-hydrogen) atoms. The average molecular weight is 312 g/mol. The Hall–Kier alpha value is -2.07. The zero-order valence-electron chi connectivity index (χ0n) is 13.7. The lowest BCUT2D eigenvalue weighted by molar-refractivity contribution is 0.270. The van der Waals surface area contributed by atoms with Crippen LogP contribution in [-0.4, -0.2) is 29.3 Å². The van der Waals surface area contributed by atoms with Crippen molar-refractivity contribution >= 4 is 5.69 Å². The summed E-state index contributed by atoms with van der Waals surface area (Å²) in [6.45, 7) is 5.14. The highest BCUT2D eigenvalue weighted by molar-refractivity contribution is 5.60. The summed E-state index contributed by atoms with van der Waals surface area (Å²) in [7, 11) is 0. The average Bonchev–Trinajstić information content (AvgIpc) is 2.60. The van der Waals surface area contributed by atoms with Crippen molar-refractivity contribution in [3.8, 4) is 5.75 Å². The predicted octanol–water partition coefficient (Wildman–Crippen LogP) is 3.16. The van der Waals surface area contributed by atoms with Crippen LogP contribution in [0.1, 0.15) is 36.6 Å². The van der Waals surface area contributed by atoms with Crippen molar-refractivity contribution in [2.75, 3.05) is 18.5 Å². The van der Waals surface area contributed by atoms with Gasteiger partial charge in [0.2, 0.25) is 0 Å². The van der Waals surface area contributed by atoms with Crippen LogP contribution in [0.3, 0.4) is 0 Å². The van der Waals surface area contributed by atoms with Crippen LogP contribution < -0.4 is 10.1 Å². The van der Waals surface area contributed by atoms with Gasteiger partial charge in [0.1, 0.15) is 12.4 Å². The maximum Gasteiger partial charge on any atom is 0.142 e. The molecule has 1 unspecified atom stereocenters. The van der Waals surface area contributed by atoms with Gasteiger partial charge in [-0.1, -0.05) is 19.9 Å². The molecule has 2 atom stereocenters. The molecule has 0 bridgehead atoms. The largest absolute Gasteiger partial charge is 0.489 e. The molecule has 0 spiro atoms. The number of ether oxygens (including phenoxy) is 1. The van der Waals surface area contributed by atoms with Gasteiger partial charge in [-0.2, -0.15) is 0 Å². The summed E-state index contributed by atoms with van der Waals surface area (Å²) in [6.07, 6.45) is 3.44. The van der Waals surface area contributed by atoms with E-state index in [1.807, 2.05) is 18.3 Å². The first-order chi connectivity index (χ1) is 11.2. The molecule has 122 valence electrons. The van der Waals surface area contributed by atoms with Gasteiger partial charge >= 0.3 is 0 Å². The summed E-state index contributed by atoms with van der Waals surface area (Å²) in [5.41, 5.74) is 4.54. The zero-order valence-corrected chi connectivity index (χ0v) is 13.7. The number of pyridine rings is 1. The Kier molecular flexibility index (Phi) is 4.82. The molecule has 0 radical (unpaired) electrons. The Morgan fingerprint density at radius 3 is 3.00 bits per heavy atom. The topological polar surface area (TPSA) is 54.4 Å². The molecule has 2 N–H and O–H groups in total. The molecule has 0 saturated heterocycles. The van der Waals surface area contributed by atoms with Crippen LogP contribution in [0.15, 0.2) is 36.5 Å². The van der Waals surface area contributed by atoms with Gasteiger partial charge in [0, 0.05) is 30.8 Å². The van der Waals surface area contributed by atoms with Crippen LogP contribution in [-0.2, 0) is 12.8 Å². The first-order valence-electron chi connectivity index (χ1n) is 8.29. The van der Waals surface area contributed by atoms with Crippen molar-refractivity contribution < 1.29 is 9.84 Å². The molecule has 0 aliphatic carbocycles. The molecule has 2 heterocycles. The molecule has 1 aliphatic heterocycles. The third kappa shape index (κ3) is 3.48. The smallest absolute Gasteiger partial charge is 0.142 e. The minimum atomic E-state index is 0.128. The third-order valence-corrected chi connectivity index (χ3v) is 4.55. The lowest BCUT2D eigenvalue weighted by Crippen LogP contribution is -2.35. The molecular weight excluding hydrogens is 288 g/mol. The first kappa shape index (κ1) is 15.8. The van der Waals surface area contributed by atoms with Crippen LogP contribution in [0.2, 0.25) is 0 Å². The van der Waals surface area contributed by atoms with Gasteiger partial charge < -0.3 is 15.2 Å². The van der Waals surface area contributed by atoms with Crippen molar-refractivity contribution in [3.63, 3.8) is 0 Å². The van der Waals surface area contributed by atoms with E-state index >= 15 is 0 Å². The van der Waals surface area contributed by atoms with Crippen molar-refractivity contribution in [1.29, 1.82) is 0 Å². The molecule has 0 amide bonds. The SMILES string of the molecule is CCc1ccc2c(c1)NC([C@H](C)c1ccnc(CCO)c1)CO2. The monoisotopic (exact) mass is 312 g/mol. The van der Waals surface area contributed by atoms with Crippen molar-refractivity contribution in [3.05, 3.63) is 53.3 Å². The number of nitrogens with zero attached hydrogens (tertiary/aromatic N) is 1. The Morgan fingerprint density at radius 1 is 1.35 bits per heavy atom. The Morgan fingerprint density at radius 2 is 2.22 bits per heavy atom. The van der Waals surface area contributed by atoms with Gasteiger partial charge in [-0.3, -0.25) is 4.98 Å². The summed E-state index contributed by atoms with van der Waals surface area (Å²) in [6, 6.07) is 10.7. The van der Waals surface area contributed by atoms with Crippen LogP contribution in [0.4, 0.5) is 5.69 Å². The van der Waals surface area contributed by atoms with Crippen LogP contribution in [0.25, 0.3) is 0 Å². The van der Waals surface area contributed by atoms with Crippen molar-refractivity contribution in [1.82, 2.24) is 4.98 Å². The van der Waals surface area contributed by atoms with Gasteiger partial charge in [0.25, 0.3) is 0 Å². The highest BCUT2D eigenvalue weighted by Crippen LogP contribution is 2.34. The van der Waals surface area contributed by atoms with E-state index in [4.69, 9.17) is 9.84 Å². The molecule has 2 aromatic rings. The zero-order chi connectivity index (χ0) is 16.2. The van der Waals surface area contributed by atoms with Gasteiger partial charge in [0.05, 0.1) is 11.7 Å². The summed E-state index contributed by atoms with van der Waals surface area (Å²) in [5, 5.41) is 12.7. The minimum absolute atomic E-state index is 0.128. The lowest BCUT2D eigenvalue weighted by Gasteiger charge is -2.32. The number of aryl methyl sites for hydroxylation is 1. The Balaban J connectivity index is 1.78. The number of aromatic nitrogens is 1. The number of anilines is 1. The van der Waals surface area contributed by atoms with E-state index in [9.17, 15) is 0 Å². The lowest BCUT2D eigenvalue weighted by atomic mass is 9.92. The third-order valence-electron chi connectivity index (χ3n) is 4.55. The summed E-state index contributed by atoms with van der Waals surface area (Å²) in [4.78, 5) is 4.30. The van der Waals surface area contributed by atoms with Gasteiger partial charge in [0.15, 0.2) is 0 Å². The number of rotatable bonds is 5. The molecule has 4 heteroatoms. The number of fused-ring (bicyclic) bond motifs is 1. The quantitative estimate of drug-likeness (QED) is 0.890. The molecule has 1 aromatic carbocycles. The minimum Gasteiger partial charge on any atom is -0.489 e. The highest BCUT2D eigenvalue weighted by Gasteiger charge is 2.25. The fraction of sp³-hybridized carbons (Fsp3) is 0.421. The van der Waals surface area contributed by atoms with Gasteiger partial charge in [-0.25, -0.2) is 0 Å². The number of nitrogens with one attached hydrogen (secondary N) is 1. The van der Waals surface area contributed by atoms with Crippen LogP contribution in [0, 0.1) is 0 Å². The van der Waals surface area contributed by atoms with E-state index in [-0.39, 0.29) is 12.6 Å². The second-order valence-corrected chi connectivity index (χ2v) is 6.09. The van der Waals surface area contributed by atoms with E-state index in [0.29, 0.717) is 18.9 Å². The molecule has 1 aromatic heterocycles. The van der Waals surface area contributed by atoms with E-state index in [1.54, 1.807) is 0 Å². The second-order valence-electron chi connectivity index (χ2n) is 6.09. The number of aliphatic hydroxyl groups is 1. The molecular formula is C19H24N2O2. The van der Waals surface area contributed by atoms with Crippen LogP contribution in [0.5, 0.6) is 5.75 Å². The molecule has 1 aliphatic rings. The van der Waals surface area contributed by atoms with E-state index in [1.165, 1.54) is 11.1 Å². The number of hydrogen-bond donors (Lipinski definition) is 2. The molecule has 0 fully saturated rings. The molecule has 3 rings (SSSR count). The summed E-state index contributed by atoms with van der Waals surface area (Å²) in [5.74, 6) is 1.23. The first-order valence-corrected chi connectivity index (χ1v) is 8.29. The summed E-state index contributed by atoms with van der Waals surface area (Å²) >= 11 is 0.